The van der Waals surface area contributed by atoms with E-state index in [9.17, 15) is 0 Å². The van der Waals surface area contributed by atoms with E-state index in [1.54, 1.807) is 5.56 Å². The minimum atomic E-state index is 0.591. The summed E-state index contributed by atoms with van der Waals surface area (Å²) in [6.07, 6.45) is 6.28. The number of anilines is 1. The smallest absolute Gasteiger partial charge is 0.128 e. The number of pyridine rings is 1. The minimum absolute atomic E-state index is 0.591. The maximum Gasteiger partial charge on any atom is 0.128 e. The number of nitrogens with zero attached hydrogens (tertiary/aromatic N) is 3. The summed E-state index contributed by atoms with van der Waals surface area (Å²) in [4.78, 5) is 9.82. The Morgan fingerprint density at radius 2 is 1.90 bits per heavy atom. The fraction of sp³-hybridized carbons (Fsp3) is 0.706. The van der Waals surface area contributed by atoms with Crippen LogP contribution in [-0.4, -0.2) is 42.1 Å². The number of rotatable bonds is 3. The summed E-state index contributed by atoms with van der Waals surface area (Å²) < 4.78 is 0. The van der Waals surface area contributed by atoms with Crippen LogP contribution in [0.5, 0.6) is 0 Å². The SMILES string of the molecule is CC(C)c1cnc(N2CC3CC(C2)N3C)cc1C1CC1. The highest BCUT2D eigenvalue weighted by molar-refractivity contribution is 5.48. The van der Waals surface area contributed by atoms with E-state index in [2.05, 4.69) is 43.0 Å². The van der Waals surface area contributed by atoms with Crippen LogP contribution in [0.15, 0.2) is 12.3 Å². The molecule has 4 heterocycles. The number of hydrogen-bond donors (Lipinski definition) is 0. The maximum absolute atomic E-state index is 4.78. The van der Waals surface area contributed by atoms with Crippen LogP contribution in [0.3, 0.4) is 0 Å². The lowest BCUT2D eigenvalue weighted by molar-refractivity contribution is 0.0261. The molecule has 0 spiro atoms. The highest BCUT2D eigenvalue weighted by Gasteiger charge is 2.42. The molecular weight excluding hydrogens is 246 g/mol. The summed E-state index contributed by atoms with van der Waals surface area (Å²) in [5, 5.41) is 0. The van der Waals surface area contributed by atoms with E-state index >= 15 is 0 Å². The van der Waals surface area contributed by atoms with E-state index < -0.39 is 0 Å². The number of fused-ring (bicyclic) bond motifs is 2. The fourth-order valence-corrected chi connectivity index (χ4v) is 3.86. The second kappa shape index (κ2) is 4.45. The van der Waals surface area contributed by atoms with Crippen molar-refractivity contribution in [2.45, 2.75) is 57.0 Å². The van der Waals surface area contributed by atoms with E-state index in [1.807, 2.05) is 0 Å². The summed E-state index contributed by atoms with van der Waals surface area (Å²) in [7, 11) is 2.26. The summed E-state index contributed by atoms with van der Waals surface area (Å²) >= 11 is 0. The average molecular weight is 271 g/mol. The van der Waals surface area contributed by atoms with Gasteiger partial charge in [0.05, 0.1) is 0 Å². The Morgan fingerprint density at radius 3 is 2.45 bits per heavy atom. The van der Waals surface area contributed by atoms with Gasteiger partial charge < -0.3 is 4.90 Å². The molecule has 3 aliphatic heterocycles. The monoisotopic (exact) mass is 271 g/mol. The van der Waals surface area contributed by atoms with Crippen LogP contribution in [-0.2, 0) is 0 Å². The fourth-order valence-electron chi connectivity index (χ4n) is 3.86. The van der Waals surface area contributed by atoms with Crippen LogP contribution >= 0.6 is 0 Å². The maximum atomic E-state index is 4.78. The molecular formula is C17H25N3. The van der Waals surface area contributed by atoms with Gasteiger partial charge in [0.2, 0.25) is 0 Å². The molecule has 0 radical (unpaired) electrons. The van der Waals surface area contributed by atoms with E-state index in [4.69, 9.17) is 4.98 Å². The molecule has 1 aromatic rings. The molecule has 3 nitrogen and oxygen atoms in total. The predicted molar refractivity (Wildman–Crippen MR) is 82.5 cm³/mol. The van der Waals surface area contributed by atoms with Crippen molar-refractivity contribution >= 4 is 5.82 Å². The molecule has 0 aromatic carbocycles. The number of piperazine rings is 1. The van der Waals surface area contributed by atoms with Gasteiger partial charge in [-0.3, -0.25) is 4.90 Å². The Kier molecular flexibility index (Phi) is 2.81. The Hall–Kier alpha value is -1.09. The van der Waals surface area contributed by atoms with Crippen molar-refractivity contribution in [1.29, 1.82) is 0 Å². The van der Waals surface area contributed by atoms with Gasteiger partial charge in [-0.05, 0) is 55.3 Å². The first kappa shape index (κ1) is 12.6. The van der Waals surface area contributed by atoms with Crippen molar-refractivity contribution in [2.24, 2.45) is 0 Å². The van der Waals surface area contributed by atoms with Gasteiger partial charge in [-0.2, -0.15) is 0 Å². The first-order valence-electron chi connectivity index (χ1n) is 8.10. The molecule has 2 atom stereocenters. The topological polar surface area (TPSA) is 19.4 Å². The average Bonchev–Trinajstić information content (AvgIpc) is 3.30. The number of piperidine rings is 1. The molecule has 2 unspecified atom stereocenters. The highest BCUT2D eigenvalue weighted by atomic mass is 15.4. The van der Waals surface area contributed by atoms with E-state index in [0.29, 0.717) is 5.92 Å². The van der Waals surface area contributed by atoms with Crippen LogP contribution in [0.4, 0.5) is 5.82 Å². The summed E-state index contributed by atoms with van der Waals surface area (Å²) in [5.74, 6) is 2.63. The zero-order valence-corrected chi connectivity index (χ0v) is 12.8. The van der Waals surface area contributed by atoms with Gasteiger partial charge in [0.15, 0.2) is 0 Å². The molecule has 1 saturated carbocycles. The Bertz CT molecular complexity index is 509. The minimum Gasteiger partial charge on any atom is -0.353 e. The number of likely N-dealkylation sites (N-methyl/N-ethyl adjacent to an activating group) is 1. The highest BCUT2D eigenvalue weighted by Crippen LogP contribution is 2.44. The third kappa shape index (κ3) is 1.95. The molecule has 108 valence electrons. The van der Waals surface area contributed by atoms with Crippen molar-refractivity contribution < 1.29 is 0 Å². The van der Waals surface area contributed by atoms with Crippen molar-refractivity contribution in [3.8, 4) is 0 Å². The Morgan fingerprint density at radius 1 is 1.20 bits per heavy atom. The van der Waals surface area contributed by atoms with E-state index in [0.717, 1.165) is 31.1 Å². The van der Waals surface area contributed by atoms with Crippen molar-refractivity contribution in [3.05, 3.63) is 23.4 Å². The molecule has 0 amide bonds. The predicted octanol–water partition coefficient (Wildman–Crippen LogP) is 2.98. The first-order valence-corrected chi connectivity index (χ1v) is 8.10. The van der Waals surface area contributed by atoms with Gasteiger partial charge in [-0.15, -0.1) is 0 Å². The summed E-state index contributed by atoms with van der Waals surface area (Å²) in [6, 6.07) is 3.91. The number of hydrogen-bond acceptors (Lipinski definition) is 3. The molecule has 0 N–H and O–H groups in total. The van der Waals surface area contributed by atoms with E-state index in [1.165, 1.54) is 30.6 Å². The molecule has 20 heavy (non-hydrogen) atoms. The third-order valence-corrected chi connectivity index (χ3v) is 5.48. The molecule has 1 aromatic heterocycles. The molecule has 2 bridgehead atoms. The summed E-state index contributed by atoms with van der Waals surface area (Å²) in [5.41, 5.74) is 3.05. The molecule has 1 aliphatic carbocycles. The van der Waals surface area contributed by atoms with Gasteiger partial charge >= 0.3 is 0 Å². The van der Waals surface area contributed by atoms with Gasteiger partial charge in [0.25, 0.3) is 0 Å². The van der Waals surface area contributed by atoms with Crippen LogP contribution < -0.4 is 4.90 Å². The zero-order valence-electron chi connectivity index (χ0n) is 12.8. The van der Waals surface area contributed by atoms with Gasteiger partial charge in [0.1, 0.15) is 5.82 Å². The first-order chi connectivity index (χ1) is 9.63. The Balaban J connectivity index is 1.61. The number of aromatic nitrogens is 1. The van der Waals surface area contributed by atoms with Crippen molar-refractivity contribution in [3.63, 3.8) is 0 Å². The van der Waals surface area contributed by atoms with Crippen LogP contribution in [0.25, 0.3) is 0 Å². The van der Waals surface area contributed by atoms with Crippen LogP contribution in [0.2, 0.25) is 0 Å². The third-order valence-electron chi connectivity index (χ3n) is 5.48. The quantitative estimate of drug-likeness (QED) is 0.842. The lowest BCUT2D eigenvalue weighted by Gasteiger charge is -2.55. The molecule has 3 heteroatoms. The Labute approximate surface area is 122 Å². The standard InChI is InChI=1S/C17H25N3/c1-11(2)16-8-18-17(7-15(16)12-4-5-12)20-9-13-6-14(10-20)19(13)3/h7-8,11-14H,4-6,9-10H2,1-3H3. The van der Waals surface area contributed by atoms with Gasteiger partial charge in [0, 0.05) is 31.4 Å². The van der Waals surface area contributed by atoms with Gasteiger partial charge in [-0.25, -0.2) is 4.98 Å². The van der Waals surface area contributed by atoms with Crippen molar-refractivity contribution in [1.82, 2.24) is 9.88 Å². The van der Waals surface area contributed by atoms with Gasteiger partial charge in [-0.1, -0.05) is 13.8 Å². The van der Waals surface area contributed by atoms with Crippen LogP contribution in [0.1, 0.15) is 56.1 Å². The lowest BCUT2D eigenvalue weighted by atomic mass is 9.88. The largest absolute Gasteiger partial charge is 0.353 e. The van der Waals surface area contributed by atoms with E-state index in [-0.39, 0.29) is 0 Å². The molecule has 3 saturated heterocycles. The van der Waals surface area contributed by atoms with Crippen molar-refractivity contribution in [2.75, 3.05) is 25.0 Å². The second-order valence-electron chi connectivity index (χ2n) is 7.21. The normalized spacial score (nSPS) is 29.7. The molecule has 5 rings (SSSR count). The molecule has 4 fully saturated rings. The summed E-state index contributed by atoms with van der Waals surface area (Å²) in [6.45, 7) is 6.89. The zero-order chi connectivity index (χ0) is 13.9. The second-order valence-corrected chi connectivity index (χ2v) is 7.21. The molecule has 4 aliphatic rings. The van der Waals surface area contributed by atoms with Crippen LogP contribution in [0, 0.1) is 0 Å². The lowest BCUT2D eigenvalue weighted by Crippen LogP contribution is -2.67.